The highest BCUT2D eigenvalue weighted by Gasteiger charge is 2.30. The summed E-state index contributed by atoms with van der Waals surface area (Å²) in [5.74, 6) is 0.380. The van der Waals surface area contributed by atoms with Crippen LogP contribution in [0.25, 0.3) is 0 Å². The Hall–Kier alpha value is -3.22. The molecule has 0 unspecified atom stereocenters. The van der Waals surface area contributed by atoms with Crippen molar-refractivity contribution in [3.8, 4) is 5.75 Å². The van der Waals surface area contributed by atoms with Crippen molar-refractivity contribution in [2.24, 2.45) is 0 Å². The van der Waals surface area contributed by atoms with Gasteiger partial charge in [0, 0.05) is 6.54 Å². The van der Waals surface area contributed by atoms with E-state index < -0.39 is 0 Å². The first-order valence-corrected chi connectivity index (χ1v) is 9.73. The lowest BCUT2D eigenvalue weighted by molar-refractivity contribution is 0.0605. The first-order valence-electron chi connectivity index (χ1n) is 9.73. The molecule has 0 N–H and O–H groups in total. The van der Waals surface area contributed by atoms with E-state index in [1.54, 1.807) is 30.1 Å². The number of carbonyl (C=O) groups is 1. The summed E-state index contributed by atoms with van der Waals surface area (Å²) < 4.78 is 20.0. The maximum Gasteiger partial charge on any atom is 0.276 e. The number of aromatic nitrogens is 3. The molecule has 3 aromatic rings. The van der Waals surface area contributed by atoms with E-state index in [0.717, 1.165) is 36.1 Å². The van der Waals surface area contributed by atoms with Crippen molar-refractivity contribution >= 4 is 5.91 Å². The summed E-state index contributed by atoms with van der Waals surface area (Å²) in [7, 11) is 1.64. The van der Waals surface area contributed by atoms with Gasteiger partial charge in [-0.15, -0.1) is 5.10 Å². The van der Waals surface area contributed by atoms with Gasteiger partial charge in [-0.1, -0.05) is 29.5 Å². The predicted molar refractivity (Wildman–Crippen MR) is 106 cm³/mol. The van der Waals surface area contributed by atoms with Crippen molar-refractivity contribution in [3.63, 3.8) is 0 Å². The van der Waals surface area contributed by atoms with Crippen LogP contribution < -0.4 is 4.74 Å². The molecular formula is C22H23FN4O2. The van der Waals surface area contributed by atoms with Crippen LogP contribution in [-0.4, -0.2) is 39.5 Å². The van der Waals surface area contributed by atoms with Gasteiger partial charge >= 0.3 is 0 Å². The molecule has 0 spiro atoms. The Kier molecular flexibility index (Phi) is 5.55. The highest BCUT2D eigenvalue weighted by atomic mass is 19.1. The monoisotopic (exact) mass is 394 g/mol. The van der Waals surface area contributed by atoms with Crippen molar-refractivity contribution in [1.82, 2.24) is 19.9 Å². The maximum atomic E-state index is 13.2. The van der Waals surface area contributed by atoms with Crippen molar-refractivity contribution in [2.45, 2.75) is 31.8 Å². The highest BCUT2D eigenvalue weighted by Crippen LogP contribution is 2.33. The summed E-state index contributed by atoms with van der Waals surface area (Å²) in [6.45, 7) is 1.12. The minimum atomic E-state index is -0.281. The standard InChI is InChI=1S/C22H23FN4O2/c1-29-19-6-4-5-17(13-19)21-7-2-3-12-27(21)22(28)20-15-26(25-24-20)14-16-8-10-18(23)11-9-16/h4-6,8-11,13,15,21H,2-3,7,12,14H2,1H3/t21-/m0/s1. The first-order chi connectivity index (χ1) is 14.1. The number of hydrogen-bond donors (Lipinski definition) is 0. The number of hydrogen-bond acceptors (Lipinski definition) is 4. The number of amides is 1. The van der Waals surface area contributed by atoms with Crippen LogP contribution in [0.1, 0.15) is 46.9 Å². The fourth-order valence-corrected chi connectivity index (χ4v) is 3.77. The molecule has 29 heavy (non-hydrogen) atoms. The molecule has 2 heterocycles. The number of methoxy groups -OCH3 is 1. The zero-order valence-electron chi connectivity index (χ0n) is 16.3. The minimum Gasteiger partial charge on any atom is -0.497 e. The van der Waals surface area contributed by atoms with Crippen LogP contribution in [0.15, 0.2) is 54.7 Å². The Morgan fingerprint density at radius 3 is 2.83 bits per heavy atom. The summed E-state index contributed by atoms with van der Waals surface area (Å²) >= 11 is 0. The molecule has 1 saturated heterocycles. The van der Waals surface area contributed by atoms with E-state index in [-0.39, 0.29) is 17.8 Å². The van der Waals surface area contributed by atoms with E-state index in [9.17, 15) is 9.18 Å². The molecule has 0 bridgehead atoms. The lowest BCUT2D eigenvalue weighted by Gasteiger charge is -2.35. The molecule has 4 rings (SSSR count). The minimum absolute atomic E-state index is 0.00593. The van der Waals surface area contributed by atoms with Crippen LogP contribution >= 0.6 is 0 Å². The zero-order chi connectivity index (χ0) is 20.2. The van der Waals surface area contributed by atoms with E-state index in [4.69, 9.17) is 4.74 Å². The first kappa shape index (κ1) is 19.1. The average molecular weight is 394 g/mol. The van der Waals surface area contributed by atoms with Gasteiger partial charge in [0.25, 0.3) is 5.91 Å². The highest BCUT2D eigenvalue weighted by molar-refractivity contribution is 5.92. The van der Waals surface area contributed by atoms with Gasteiger partial charge in [-0.2, -0.15) is 0 Å². The van der Waals surface area contributed by atoms with Gasteiger partial charge in [-0.3, -0.25) is 4.79 Å². The number of benzene rings is 2. The number of ether oxygens (including phenoxy) is 1. The quantitative estimate of drug-likeness (QED) is 0.660. The van der Waals surface area contributed by atoms with E-state index in [1.165, 1.54) is 12.1 Å². The molecule has 0 radical (unpaired) electrons. The van der Waals surface area contributed by atoms with E-state index in [1.807, 2.05) is 29.2 Å². The van der Waals surface area contributed by atoms with Crippen LogP contribution in [0.2, 0.25) is 0 Å². The molecule has 1 aromatic heterocycles. The van der Waals surface area contributed by atoms with Gasteiger partial charge < -0.3 is 9.64 Å². The number of carbonyl (C=O) groups excluding carboxylic acids is 1. The number of rotatable bonds is 5. The van der Waals surface area contributed by atoms with E-state index in [0.29, 0.717) is 18.8 Å². The fourth-order valence-electron chi connectivity index (χ4n) is 3.77. The molecule has 1 aliphatic heterocycles. The third kappa shape index (κ3) is 4.29. The zero-order valence-corrected chi connectivity index (χ0v) is 16.3. The number of halogens is 1. The summed E-state index contributed by atoms with van der Waals surface area (Å²) in [4.78, 5) is 15.1. The Labute approximate surface area is 168 Å². The van der Waals surface area contributed by atoms with Crippen LogP contribution in [0.5, 0.6) is 5.75 Å². The molecule has 2 aromatic carbocycles. The predicted octanol–water partition coefficient (Wildman–Crippen LogP) is 3.84. The lowest BCUT2D eigenvalue weighted by atomic mass is 9.94. The summed E-state index contributed by atoms with van der Waals surface area (Å²) in [5, 5.41) is 8.17. The second-order valence-corrected chi connectivity index (χ2v) is 7.21. The number of nitrogens with zero attached hydrogens (tertiary/aromatic N) is 4. The second-order valence-electron chi connectivity index (χ2n) is 7.21. The molecule has 7 heteroatoms. The largest absolute Gasteiger partial charge is 0.497 e. The molecule has 150 valence electrons. The van der Waals surface area contributed by atoms with Gasteiger partial charge in [0.15, 0.2) is 5.69 Å². The Morgan fingerprint density at radius 1 is 1.21 bits per heavy atom. The number of piperidine rings is 1. The molecule has 0 aliphatic carbocycles. The normalized spacial score (nSPS) is 16.6. The average Bonchev–Trinajstić information content (AvgIpc) is 3.23. The maximum absolute atomic E-state index is 13.2. The van der Waals surface area contributed by atoms with Gasteiger partial charge in [0.1, 0.15) is 11.6 Å². The lowest BCUT2D eigenvalue weighted by Crippen LogP contribution is -2.38. The van der Waals surface area contributed by atoms with Crippen molar-refractivity contribution in [2.75, 3.05) is 13.7 Å². The second kappa shape index (κ2) is 8.43. The molecule has 1 amide bonds. The molecule has 1 aliphatic rings. The van der Waals surface area contributed by atoms with Gasteiger partial charge in [0.05, 0.1) is 25.9 Å². The van der Waals surface area contributed by atoms with Crippen LogP contribution in [-0.2, 0) is 6.54 Å². The van der Waals surface area contributed by atoms with Crippen molar-refractivity contribution in [1.29, 1.82) is 0 Å². The molecule has 0 saturated carbocycles. The molecule has 1 fully saturated rings. The van der Waals surface area contributed by atoms with E-state index >= 15 is 0 Å². The van der Waals surface area contributed by atoms with Crippen LogP contribution in [0, 0.1) is 5.82 Å². The van der Waals surface area contributed by atoms with Crippen molar-refractivity contribution < 1.29 is 13.9 Å². The molecule has 1 atom stereocenters. The third-order valence-corrected chi connectivity index (χ3v) is 5.26. The molecule has 6 nitrogen and oxygen atoms in total. The topological polar surface area (TPSA) is 60.2 Å². The van der Waals surface area contributed by atoms with Crippen LogP contribution in [0.3, 0.4) is 0 Å². The van der Waals surface area contributed by atoms with E-state index in [2.05, 4.69) is 10.3 Å². The fraction of sp³-hybridized carbons (Fsp3) is 0.318. The van der Waals surface area contributed by atoms with Crippen LogP contribution in [0.4, 0.5) is 4.39 Å². The Balaban J connectivity index is 1.52. The van der Waals surface area contributed by atoms with Crippen molar-refractivity contribution in [3.05, 3.63) is 77.4 Å². The van der Waals surface area contributed by atoms with Gasteiger partial charge in [-0.05, 0) is 54.7 Å². The summed E-state index contributed by atoms with van der Waals surface area (Å²) in [5.41, 5.74) is 2.28. The van der Waals surface area contributed by atoms with Gasteiger partial charge in [0.2, 0.25) is 0 Å². The Bertz CT molecular complexity index is 986. The molecular weight excluding hydrogens is 371 g/mol. The SMILES string of the molecule is COc1cccc([C@@H]2CCCCN2C(=O)c2cn(Cc3ccc(F)cc3)nn2)c1. The Morgan fingerprint density at radius 2 is 2.03 bits per heavy atom. The smallest absolute Gasteiger partial charge is 0.276 e. The number of likely N-dealkylation sites (tertiary alicyclic amines) is 1. The third-order valence-electron chi connectivity index (χ3n) is 5.26. The summed E-state index contributed by atoms with van der Waals surface area (Å²) in [6, 6.07) is 14.1. The van der Waals surface area contributed by atoms with Gasteiger partial charge in [-0.25, -0.2) is 9.07 Å². The summed E-state index contributed by atoms with van der Waals surface area (Å²) in [6.07, 6.45) is 4.60.